The van der Waals surface area contributed by atoms with Gasteiger partial charge in [-0.15, -0.1) is 0 Å². The summed E-state index contributed by atoms with van der Waals surface area (Å²) in [6, 6.07) is 0. The molecule has 2 saturated carbocycles. The first-order valence-electron chi connectivity index (χ1n) is 11.3. The van der Waals surface area contributed by atoms with E-state index < -0.39 is 0 Å². The van der Waals surface area contributed by atoms with E-state index in [9.17, 15) is 4.79 Å². The fourth-order valence-electron chi connectivity index (χ4n) is 7.29. The Balaban J connectivity index is 1.55. The summed E-state index contributed by atoms with van der Waals surface area (Å²) in [4.78, 5) is 11.4. The summed E-state index contributed by atoms with van der Waals surface area (Å²) in [5.41, 5.74) is 12.7. The van der Waals surface area contributed by atoms with Crippen molar-refractivity contribution in [3.8, 4) is 0 Å². The van der Waals surface area contributed by atoms with Crippen molar-refractivity contribution in [1.82, 2.24) is 5.43 Å². The van der Waals surface area contributed by atoms with Crippen molar-refractivity contribution in [2.75, 3.05) is 0 Å². The standard InChI is InChI=1S/C24H35N3O2S/c1-14(26-27-22(25)30)19-7-8-20-18-6-5-16-13-17(29-15(2)28)9-11-23(16,3)21(18)10-12-24(19,20)4/h5,7,17-18,20-21H,6,8-13H2,1-4H3,(H3,25,27,30)/b26-14-/t17-,18-,20-,21-,23-,24+/m0/s1. The van der Waals surface area contributed by atoms with Crippen LogP contribution in [0.3, 0.4) is 0 Å². The van der Waals surface area contributed by atoms with Gasteiger partial charge in [-0.1, -0.05) is 31.6 Å². The van der Waals surface area contributed by atoms with Crippen molar-refractivity contribution in [2.45, 2.75) is 78.7 Å². The van der Waals surface area contributed by atoms with Gasteiger partial charge in [-0.2, -0.15) is 5.10 Å². The Kier molecular flexibility index (Phi) is 5.58. The van der Waals surface area contributed by atoms with Crippen LogP contribution in [0.4, 0.5) is 0 Å². The van der Waals surface area contributed by atoms with Gasteiger partial charge in [-0.3, -0.25) is 10.2 Å². The van der Waals surface area contributed by atoms with Crippen LogP contribution in [-0.2, 0) is 9.53 Å². The molecule has 0 saturated heterocycles. The first-order valence-corrected chi connectivity index (χ1v) is 11.7. The molecule has 0 aromatic carbocycles. The molecule has 0 radical (unpaired) electrons. The van der Waals surface area contributed by atoms with Crippen molar-refractivity contribution < 1.29 is 9.53 Å². The lowest BCUT2D eigenvalue weighted by Crippen LogP contribution is -2.50. The maximum absolute atomic E-state index is 11.4. The SMILES string of the molecule is CC(=O)O[C@H]1CC[C@@]2(C)C(=CC[C@@H]3[C@@H]2CC[C@]2(C)C(/C(C)=N\NC(N)=S)=CC[C@@H]32)C1. The number of hydrogen-bond donors (Lipinski definition) is 2. The highest BCUT2D eigenvalue weighted by Crippen LogP contribution is 2.65. The second kappa shape index (κ2) is 7.77. The number of allylic oxidation sites excluding steroid dienone is 3. The van der Waals surface area contributed by atoms with Crippen molar-refractivity contribution >= 4 is 29.0 Å². The van der Waals surface area contributed by atoms with E-state index in [1.165, 1.54) is 30.9 Å². The zero-order chi connectivity index (χ0) is 21.7. The summed E-state index contributed by atoms with van der Waals surface area (Å²) < 4.78 is 5.56. The smallest absolute Gasteiger partial charge is 0.302 e. The minimum Gasteiger partial charge on any atom is -0.462 e. The Bertz CT molecular complexity index is 847. The molecule has 0 amide bonds. The molecule has 0 unspecified atom stereocenters. The first-order chi connectivity index (χ1) is 14.1. The molecule has 6 heteroatoms. The van der Waals surface area contributed by atoms with E-state index in [2.05, 4.69) is 43.5 Å². The molecule has 5 nitrogen and oxygen atoms in total. The van der Waals surface area contributed by atoms with Crippen molar-refractivity contribution in [1.29, 1.82) is 0 Å². The number of nitrogens with two attached hydrogens (primary N) is 1. The number of esters is 1. The van der Waals surface area contributed by atoms with E-state index in [0.717, 1.165) is 37.8 Å². The highest BCUT2D eigenvalue weighted by atomic mass is 32.1. The predicted molar refractivity (Wildman–Crippen MR) is 124 cm³/mol. The maximum atomic E-state index is 11.4. The van der Waals surface area contributed by atoms with Gasteiger partial charge < -0.3 is 10.5 Å². The van der Waals surface area contributed by atoms with E-state index in [-0.39, 0.29) is 28.0 Å². The van der Waals surface area contributed by atoms with Crippen LogP contribution >= 0.6 is 12.2 Å². The van der Waals surface area contributed by atoms with Crippen LogP contribution in [-0.4, -0.2) is 22.9 Å². The predicted octanol–water partition coefficient (Wildman–Crippen LogP) is 4.63. The summed E-state index contributed by atoms with van der Waals surface area (Å²) >= 11 is 4.91. The normalized spacial score (nSPS) is 40.3. The van der Waals surface area contributed by atoms with Crippen LogP contribution in [0, 0.1) is 28.6 Å². The van der Waals surface area contributed by atoms with E-state index >= 15 is 0 Å². The number of fused-ring (bicyclic) bond motifs is 5. The number of carbonyl (C=O) groups is 1. The first kappa shape index (κ1) is 21.5. The lowest BCUT2D eigenvalue weighted by molar-refractivity contribution is -0.148. The topological polar surface area (TPSA) is 76.7 Å². The molecule has 164 valence electrons. The Morgan fingerprint density at radius 1 is 1.17 bits per heavy atom. The van der Waals surface area contributed by atoms with Crippen LogP contribution in [0.5, 0.6) is 0 Å². The van der Waals surface area contributed by atoms with Crippen molar-refractivity contribution in [2.24, 2.45) is 39.4 Å². The Morgan fingerprint density at radius 2 is 1.90 bits per heavy atom. The van der Waals surface area contributed by atoms with Gasteiger partial charge in [0.2, 0.25) is 0 Å². The molecule has 3 N–H and O–H groups in total. The van der Waals surface area contributed by atoms with Gasteiger partial charge in [0.15, 0.2) is 5.11 Å². The van der Waals surface area contributed by atoms with Crippen LogP contribution in [0.1, 0.15) is 72.6 Å². The molecular weight excluding hydrogens is 394 g/mol. The molecule has 6 atom stereocenters. The molecule has 0 aromatic rings. The summed E-state index contributed by atoms with van der Waals surface area (Å²) in [6.07, 6.45) is 12.7. The van der Waals surface area contributed by atoms with Crippen LogP contribution in [0.15, 0.2) is 28.4 Å². The quantitative estimate of drug-likeness (QED) is 0.225. The van der Waals surface area contributed by atoms with E-state index in [1.807, 2.05) is 0 Å². The highest BCUT2D eigenvalue weighted by molar-refractivity contribution is 7.80. The monoisotopic (exact) mass is 429 g/mol. The average Bonchev–Trinajstić information content (AvgIpc) is 3.03. The lowest BCUT2D eigenvalue weighted by Gasteiger charge is -2.57. The summed E-state index contributed by atoms with van der Waals surface area (Å²) in [5.74, 6) is 1.92. The minimum atomic E-state index is -0.155. The minimum absolute atomic E-state index is 0.0620. The van der Waals surface area contributed by atoms with Crippen molar-refractivity contribution in [3.05, 3.63) is 23.3 Å². The van der Waals surface area contributed by atoms with Gasteiger partial charge >= 0.3 is 5.97 Å². The molecule has 4 aliphatic carbocycles. The van der Waals surface area contributed by atoms with Gasteiger partial charge in [-0.25, -0.2) is 0 Å². The third kappa shape index (κ3) is 3.51. The number of hydrogen-bond acceptors (Lipinski definition) is 4. The number of ether oxygens (including phenoxy) is 1. The van der Waals surface area contributed by atoms with Gasteiger partial charge in [0.05, 0.1) is 5.71 Å². The van der Waals surface area contributed by atoms with Gasteiger partial charge in [0.25, 0.3) is 0 Å². The summed E-state index contributed by atoms with van der Waals surface area (Å²) in [7, 11) is 0. The fourth-order valence-corrected chi connectivity index (χ4v) is 7.34. The Labute approximate surface area is 185 Å². The number of carbonyl (C=O) groups excluding carboxylic acids is 1. The van der Waals surface area contributed by atoms with E-state index in [4.69, 9.17) is 22.7 Å². The second-order valence-electron chi connectivity index (χ2n) is 10.2. The zero-order valence-electron chi connectivity index (χ0n) is 18.7. The van der Waals surface area contributed by atoms with Crippen LogP contribution in [0.25, 0.3) is 0 Å². The van der Waals surface area contributed by atoms with Crippen LogP contribution < -0.4 is 11.2 Å². The number of hydrazone groups is 1. The number of nitrogens with one attached hydrogen (secondary N) is 1. The number of rotatable bonds is 3. The lowest BCUT2D eigenvalue weighted by atomic mass is 9.47. The molecule has 0 bridgehead atoms. The van der Waals surface area contributed by atoms with Crippen molar-refractivity contribution in [3.63, 3.8) is 0 Å². The molecule has 4 rings (SSSR count). The molecule has 0 spiro atoms. The molecule has 0 aromatic heterocycles. The highest BCUT2D eigenvalue weighted by Gasteiger charge is 2.57. The van der Waals surface area contributed by atoms with Gasteiger partial charge in [0, 0.05) is 13.3 Å². The van der Waals surface area contributed by atoms with Crippen LogP contribution in [0.2, 0.25) is 0 Å². The molecule has 2 fully saturated rings. The molecule has 4 aliphatic rings. The van der Waals surface area contributed by atoms with E-state index in [1.54, 1.807) is 0 Å². The van der Waals surface area contributed by atoms with Gasteiger partial charge in [0.1, 0.15) is 6.10 Å². The molecule has 0 aliphatic heterocycles. The maximum Gasteiger partial charge on any atom is 0.302 e. The third-order valence-corrected chi connectivity index (χ3v) is 8.79. The summed E-state index contributed by atoms with van der Waals surface area (Å²) in [5, 5.41) is 4.64. The second-order valence-corrected chi connectivity index (χ2v) is 10.7. The Hall–Kier alpha value is -1.69. The zero-order valence-corrected chi connectivity index (χ0v) is 19.5. The van der Waals surface area contributed by atoms with E-state index in [0.29, 0.717) is 17.8 Å². The van der Waals surface area contributed by atoms with Gasteiger partial charge in [-0.05, 0) is 91.8 Å². The summed E-state index contributed by atoms with van der Waals surface area (Å²) in [6.45, 7) is 8.50. The Morgan fingerprint density at radius 3 is 2.60 bits per heavy atom. The largest absolute Gasteiger partial charge is 0.462 e. The fraction of sp³-hybridized carbons (Fsp3) is 0.708. The molecule has 30 heavy (non-hydrogen) atoms. The number of nitrogens with zero attached hydrogens (tertiary/aromatic N) is 1. The molecular formula is C24H35N3O2S. The number of thiocarbonyl (C=S) groups is 1. The average molecular weight is 430 g/mol. The molecule has 0 heterocycles. The third-order valence-electron chi connectivity index (χ3n) is 8.70.